The number of rotatable bonds is 3. The van der Waals surface area contributed by atoms with Crippen LogP contribution < -0.4 is 4.74 Å². The van der Waals surface area contributed by atoms with Gasteiger partial charge in [-0.2, -0.15) is 8.78 Å². The lowest BCUT2D eigenvalue weighted by molar-refractivity contribution is -0.0504. The number of fused-ring (bicyclic) bond motifs is 2. The molecule has 2 heterocycles. The molecule has 2 bridgehead atoms. The number of hydrogen-bond donors (Lipinski definition) is 1. The first-order chi connectivity index (χ1) is 9.48. The van der Waals surface area contributed by atoms with E-state index in [-0.39, 0.29) is 16.2 Å². The van der Waals surface area contributed by atoms with E-state index in [1.165, 1.54) is 12.1 Å². The van der Waals surface area contributed by atoms with Crippen LogP contribution in [-0.2, 0) is 16.4 Å². The van der Waals surface area contributed by atoms with E-state index < -0.39 is 23.0 Å². The van der Waals surface area contributed by atoms with Crippen molar-refractivity contribution in [2.45, 2.75) is 48.4 Å². The van der Waals surface area contributed by atoms with Gasteiger partial charge in [0.2, 0.25) is 0 Å². The van der Waals surface area contributed by atoms with Crippen LogP contribution >= 0.6 is 0 Å². The van der Waals surface area contributed by atoms with Gasteiger partial charge in [0.05, 0.1) is 5.60 Å². The van der Waals surface area contributed by atoms with Gasteiger partial charge in [0.25, 0.3) is 0 Å². The fraction of sp³-hybridized carbons (Fsp3) is 0.571. The second-order valence-electron chi connectivity index (χ2n) is 5.50. The van der Waals surface area contributed by atoms with Crippen molar-refractivity contribution in [2.75, 3.05) is 0 Å². The van der Waals surface area contributed by atoms with Crippen LogP contribution in [0.2, 0.25) is 0 Å². The highest BCUT2D eigenvalue weighted by atomic mass is 32.2. The van der Waals surface area contributed by atoms with Gasteiger partial charge in [-0.25, -0.2) is 0 Å². The summed E-state index contributed by atoms with van der Waals surface area (Å²) in [6.07, 6.45) is 2.59. The third-order valence-corrected chi connectivity index (χ3v) is 6.31. The van der Waals surface area contributed by atoms with Crippen molar-refractivity contribution in [3.63, 3.8) is 0 Å². The highest BCUT2D eigenvalue weighted by Gasteiger charge is 2.48. The Hall–Kier alpha value is -1.01. The number of aliphatic hydroxyl groups is 1. The zero-order valence-electron chi connectivity index (χ0n) is 10.8. The molecule has 2 fully saturated rings. The van der Waals surface area contributed by atoms with Crippen LogP contribution in [0.1, 0.15) is 31.2 Å². The maximum absolute atomic E-state index is 12.3. The standard InChI is InChI=1S/C14H16F2O3S/c15-13(16)19-10-3-1-2-9(6-10)14(17)7-11-4-5-12(8-14)20(11)18/h1-3,6,11-13,17H,4-5,7-8H2. The molecular weight excluding hydrogens is 286 g/mol. The number of benzene rings is 1. The van der Waals surface area contributed by atoms with Crippen LogP contribution in [0.5, 0.6) is 5.75 Å². The highest BCUT2D eigenvalue weighted by Crippen LogP contribution is 2.46. The second kappa shape index (κ2) is 5.07. The van der Waals surface area contributed by atoms with Crippen LogP contribution in [0, 0.1) is 0 Å². The summed E-state index contributed by atoms with van der Waals surface area (Å²) in [7, 11) is -0.865. The summed E-state index contributed by atoms with van der Waals surface area (Å²) < 4.78 is 40.9. The van der Waals surface area contributed by atoms with E-state index >= 15 is 0 Å². The van der Waals surface area contributed by atoms with Gasteiger partial charge in [-0.05, 0) is 43.4 Å². The van der Waals surface area contributed by atoms with Gasteiger partial charge < -0.3 is 9.84 Å². The first kappa shape index (κ1) is 13.9. The van der Waals surface area contributed by atoms with Crippen molar-refractivity contribution in [3.05, 3.63) is 29.8 Å². The molecule has 1 aromatic carbocycles. The Morgan fingerprint density at radius 3 is 2.55 bits per heavy atom. The molecule has 3 nitrogen and oxygen atoms in total. The smallest absolute Gasteiger partial charge is 0.387 e. The molecule has 3 rings (SSSR count). The average molecular weight is 302 g/mol. The topological polar surface area (TPSA) is 46.5 Å². The number of halogens is 2. The molecule has 2 unspecified atom stereocenters. The minimum Gasteiger partial charge on any atom is -0.435 e. The number of ether oxygens (including phenoxy) is 1. The molecule has 20 heavy (non-hydrogen) atoms. The van der Waals surface area contributed by atoms with Crippen molar-refractivity contribution in [1.82, 2.24) is 0 Å². The van der Waals surface area contributed by atoms with Crippen LogP contribution in [0.15, 0.2) is 24.3 Å². The molecule has 2 aliphatic heterocycles. The SMILES string of the molecule is O=S1C2CCC1CC(O)(c1cccc(OC(F)F)c1)C2. The van der Waals surface area contributed by atoms with Crippen LogP contribution in [-0.4, -0.2) is 26.4 Å². The van der Waals surface area contributed by atoms with E-state index in [1.807, 2.05) is 0 Å². The fourth-order valence-corrected chi connectivity index (χ4v) is 5.44. The lowest BCUT2D eigenvalue weighted by Gasteiger charge is -2.36. The summed E-state index contributed by atoms with van der Waals surface area (Å²) in [6.45, 7) is -2.88. The Morgan fingerprint density at radius 1 is 1.30 bits per heavy atom. The molecule has 2 aliphatic rings. The van der Waals surface area contributed by atoms with Crippen molar-refractivity contribution in [1.29, 1.82) is 0 Å². The van der Waals surface area contributed by atoms with Crippen molar-refractivity contribution in [3.8, 4) is 5.75 Å². The molecular formula is C14H16F2O3S. The van der Waals surface area contributed by atoms with Crippen LogP contribution in [0.25, 0.3) is 0 Å². The van der Waals surface area contributed by atoms with Crippen LogP contribution in [0.3, 0.4) is 0 Å². The lowest BCUT2D eigenvalue weighted by atomic mass is 9.86. The Kier molecular flexibility index (Phi) is 3.54. The quantitative estimate of drug-likeness (QED) is 0.933. The Bertz CT molecular complexity index is 519. The van der Waals surface area contributed by atoms with Gasteiger partial charge in [-0.3, -0.25) is 4.21 Å². The first-order valence-electron chi connectivity index (χ1n) is 6.65. The number of hydrogen-bond acceptors (Lipinski definition) is 3. The van der Waals surface area contributed by atoms with E-state index in [4.69, 9.17) is 0 Å². The molecule has 6 heteroatoms. The molecule has 1 N–H and O–H groups in total. The highest BCUT2D eigenvalue weighted by molar-refractivity contribution is 7.86. The van der Waals surface area contributed by atoms with Crippen molar-refractivity contribution in [2.24, 2.45) is 0 Å². The van der Waals surface area contributed by atoms with E-state index in [1.54, 1.807) is 12.1 Å². The van der Waals surface area contributed by atoms with Gasteiger partial charge in [0.1, 0.15) is 5.75 Å². The summed E-state index contributed by atoms with van der Waals surface area (Å²) in [5.74, 6) is 0.0463. The third kappa shape index (κ3) is 2.46. The monoisotopic (exact) mass is 302 g/mol. The summed E-state index contributed by atoms with van der Waals surface area (Å²) in [5.41, 5.74) is -0.509. The minimum absolute atomic E-state index is 0.0124. The number of alkyl halides is 2. The fourth-order valence-electron chi connectivity index (χ4n) is 3.28. The molecule has 0 saturated carbocycles. The maximum atomic E-state index is 12.3. The minimum atomic E-state index is -2.88. The Labute approximate surface area is 118 Å². The molecule has 0 aromatic heterocycles. The van der Waals surface area contributed by atoms with Gasteiger partial charge in [0, 0.05) is 21.3 Å². The molecule has 0 spiro atoms. The first-order valence-corrected chi connectivity index (χ1v) is 7.93. The predicted octanol–water partition coefficient (Wildman–Crippen LogP) is 2.55. The van der Waals surface area contributed by atoms with Crippen molar-refractivity contribution >= 4 is 10.8 Å². The summed E-state index contributed by atoms with van der Waals surface area (Å²) in [4.78, 5) is 0. The summed E-state index contributed by atoms with van der Waals surface area (Å²) in [6, 6.07) is 6.21. The zero-order chi connectivity index (χ0) is 14.3. The van der Waals surface area contributed by atoms with Gasteiger partial charge in [-0.1, -0.05) is 12.1 Å². The van der Waals surface area contributed by atoms with E-state index in [2.05, 4.69) is 4.74 Å². The average Bonchev–Trinajstić information content (AvgIpc) is 2.62. The van der Waals surface area contributed by atoms with Gasteiger partial charge >= 0.3 is 6.61 Å². The third-order valence-electron chi connectivity index (χ3n) is 4.19. The Balaban J connectivity index is 1.87. The normalized spacial score (nSPS) is 36.3. The summed E-state index contributed by atoms with van der Waals surface area (Å²) >= 11 is 0. The molecule has 2 atom stereocenters. The molecule has 1 aromatic rings. The molecule has 0 amide bonds. The van der Waals surface area contributed by atoms with E-state index in [0.29, 0.717) is 18.4 Å². The summed E-state index contributed by atoms with van der Waals surface area (Å²) in [5, 5.41) is 10.8. The van der Waals surface area contributed by atoms with E-state index in [0.717, 1.165) is 12.8 Å². The van der Waals surface area contributed by atoms with E-state index in [9.17, 15) is 18.1 Å². The lowest BCUT2D eigenvalue weighted by Crippen LogP contribution is -2.40. The Morgan fingerprint density at radius 2 is 1.95 bits per heavy atom. The molecule has 2 saturated heterocycles. The zero-order valence-corrected chi connectivity index (χ0v) is 11.6. The van der Waals surface area contributed by atoms with Crippen molar-refractivity contribution < 1.29 is 22.8 Å². The molecule has 110 valence electrons. The largest absolute Gasteiger partial charge is 0.435 e. The second-order valence-corrected chi connectivity index (χ2v) is 7.49. The van der Waals surface area contributed by atoms with Gasteiger partial charge in [-0.15, -0.1) is 0 Å². The predicted molar refractivity (Wildman–Crippen MR) is 71.2 cm³/mol. The van der Waals surface area contributed by atoms with Gasteiger partial charge in [0.15, 0.2) is 0 Å². The van der Waals surface area contributed by atoms with Crippen LogP contribution in [0.4, 0.5) is 8.78 Å². The maximum Gasteiger partial charge on any atom is 0.387 e. The molecule has 0 radical (unpaired) electrons. The molecule has 0 aliphatic carbocycles.